The molecule has 34 heavy (non-hydrogen) atoms. The summed E-state index contributed by atoms with van der Waals surface area (Å²) < 4.78 is 39.4. The Morgan fingerprint density at radius 2 is 1.62 bits per heavy atom. The van der Waals surface area contributed by atoms with Crippen LogP contribution in [0.15, 0.2) is 71.6 Å². The van der Waals surface area contributed by atoms with Gasteiger partial charge in [-0.05, 0) is 55.5 Å². The molecule has 0 aliphatic carbocycles. The number of benzene rings is 3. The number of piperazine rings is 1. The van der Waals surface area contributed by atoms with Gasteiger partial charge in [0.1, 0.15) is 28.9 Å². The SMILES string of the molecule is CCOc1ccccc1N1CCN(S(=O)(=O)c2ccc(Oc3cccc(Cl)c3C#N)cc2)CC1. The van der Waals surface area contributed by atoms with Crippen molar-refractivity contribution < 1.29 is 17.9 Å². The number of anilines is 1. The second-order valence-corrected chi connectivity index (χ2v) is 9.94. The fourth-order valence-electron chi connectivity index (χ4n) is 3.82. The van der Waals surface area contributed by atoms with Crippen molar-refractivity contribution in [3.05, 3.63) is 77.3 Å². The maximum atomic E-state index is 13.2. The second-order valence-electron chi connectivity index (χ2n) is 7.59. The molecule has 0 N–H and O–H groups in total. The van der Waals surface area contributed by atoms with E-state index < -0.39 is 10.0 Å². The van der Waals surface area contributed by atoms with Crippen molar-refractivity contribution in [2.75, 3.05) is 37.7 Å². The molecule has 1 saturated heterocycles. The Balaban J connectivity index is 1.44. The Morgan fingerprint density at radius 3 is 2.29 bits per heavy atom. The Hall–Kier alpha value is -3.25. The third-order valence-electron chi connectivity index (χ3n) is 5.52. The van der Waals surface area contributed by atoms with Crippen LogP contribution in [0.5, 0.6) is 17.2 Å². The first-order valence-electron chi connectivity index (χ1n) is 10.9. The predicted molar refractivity (Wildman–Crippen MR) is 131 cm³/mol. The Kier molecular flexibility index (Phi) is 7.27. The molecule has 0 bridgehead atoms. The largest absolute Gasteiger partial charge is 0.492 e. The third-order valence-corrected chi connectivity index (χ3v) is 7.75. The van der Waals surface area contributed by atoms with Crippen molar-refractivity contribution in [2.24, 2.45) is 0 Å². The van der Waals surface area contributed by atoms with Crippen LogP contribution in [0.4, 0.5) is 5.69 Å². The zero-order chi connectivity index (χ0) is 24.1. The molecule has 0 saturated carbocycles. The Morgan fingerprint density at radius 1 is 0.941 bits per heavy atom. The molecule has 0 unspecified atom stereocenters. The number of ether oxygens (including phenoxy) is 2. The number of rotatable bonds is 7. The number of hydrogen-bond donors (Lipinski definition) is 0. The lowest BCUT2D eigenvalue weighted by atomic mass is 10.2. The van der Waals surface area contributed by atoms with Gasteiger partial charge in [0.25, 0.3) is 0 Å². The molecule has 0 aromatic heterocycles. The number of para-hydroxylation sites is 2. The maximum absolute atomic E-state index is 13.2. The number of nitrogens with zero attached hydrogens (tertiary/aromatic N) is 3. The average Bonchev–Trinajstić information content (AvgIpc) is 2.85. The summed E-state index contributed by atoms with van der Waals surface area (Å²) in [4.78, 5) is 2.33. The molecule has 0 amide bonds. The van der Waals surface area contributed by atoms with Crippen LogP contribution in [0.2, 0.25) is 5.02 Å². The summed E-state index contributed by atoms with van der Waals surface area (Å²) in [5, 5.41) is 9.59. The van der Waals surface area contributed by atoms with Crippen LogP contribution < -0.4 is 14.4 Å². The lowest BCUT2D eigenvalue weighted by Gasteiger charge is -2.36. The summed E-state index contributed by atoms with van der Waals surface area (Å²) in [5.41, 5.74) is 1.20. The predicted octanol–water partition coefficient (Wildman–Crippen LogP) is 4.91. The van der Waals surface area contributed by atoms with E-state index >= 15 is 0 Å². The summed E-state index contributed by atoms with van der Waals surface area (Å²) in [5.74, 6) is 1.53. The molecule has 7 nitrogen and oxygen atoms in total. The molecule has 0 radical (unpaired) electrons. The molecule has 3 aromatic carbocycles. The summed E-state index contributed by atoms with van der Waals surface area (Å²) in [7, 11) is -3.65. The minimum Gasteiger partial charge on any atom is -0.492 e. The number of halogens is 1. The molecular weight excluding hydrogens is 474 g/mol. The van der Waals surface area contributed by atoms with Crippen LogP contribution in [0.25, 0.3) is 0 Å². The highest BCUT2D eigenvalue weighted by Crippen LogP contribution is 2.32. The van der Waals surface area contributed by atoms with Gasteiger partial charge >= 0.3 is 0 Å². The van der Waals surface area contributed by atoms with Crippen molar-refractivity contribution in [1.29, 1.82) is 5.26 Å². The van der Waals surface area contributed by atoms with Crippen LogP contribution in [0, 0.1) is 11.3 Å². The number of nitriles is 1. The molecule has 4 rings (SSSR count). The first-order valence-corrected chi connectivity index (χ1v) is 12.7. The van der Waals surface area contributed by atoms with Crippen molar-refractivity contribution in [3.8, 4) is 23.3 Å². The van der Waals surface area contributed by atoms with Gasteiger partial charge in [0.15, 0.2) is 0 Å². The van der Waals surface area contributed by atoms with Crippen LogP contribution in [-0.4, -0.2) is 45.5 Å². The van der Waals surface area contributed by atoms with Gasteiger partial charge in [0.05, 0.1) is 22.2 Å². The lowest BCUT2D eigenvalue weighted by molar-refractivity contribution is 0.337. The third kappa shape index (κ3) is 4.97. The van der Waals surface area contributed by atoms with Gasteiger partial charge in [0.2, 0.25) is 10.0 Å². The molecular formula is C25H24ClN3O4S. The van der Waals surface area contributed by atoms with Gasteiger partial charge in [-0.25, -0.2) is 8.42 Å². The molecule has 0 atom stereocenters. The smallest absolute Gasteiger partial charge is 0.243 e. The molecule has 1 fully saturated rings. The second kappa shape index (κ2) is 10.3. The molecule has 176 valence electrons. The van der Waals surface area contributed by atoms with Gasteiger partial charge in [-0.1, -0.05) is 29.8 Å². The quantitative estimate of drug-likeness (QED) is 0.461. The average molecular weight is 498 g/mol. The van der Waals surface area contributed by atoms with E-state index in [9.17, 15) is 13.7 Å². The molecule has 1 heterocycles. The minimum atomic E-state index is -3.65. The summed E-state index contributed by atoms with van der Waals surface area (Å²) in [6.45, 7) is 4.38. The van der Waals surface area contributed by atoms with E-state index in [4.69, 9.17) is 21.1 Å². The van der Waals surface area contributed by atoms with E-state index in [1.807, 2.05) is 37.3 Å². The number of sulfonamides is 1. The first kappa shape index (κ1) is 23.9. The molecule has 3 aromatic rings. The molecule has 1 aliphatic heterocycles. The highest BCUT2D eigenvalue weighted by atomic mass is 35.5. The Labute approximate surface area is 204 Å². The summed E-state index contributed by atoms with van der Waals surface area (Å²) in [6.07, 6.45) is 0. The normalized spacial score (nSPS) is 14.4. The first-order chi connectivity index (χ1) is 16.4. The van der Waals surface area contributed by atoms with E-state index in [0.29, 0.717) is 49.3 Å². The number of hydrogen-bond acceptors (Lipinski definition) is 6. The van der Waals surface area contributed by atoms with Gasteiger partial charge in [0, 0.05) is 26.2 Å². The topological polar surface area (TPSA) is 82.9 Å². The zero-order valence-corrected chi connectivity index (χ0v) is 20.2. The Bertz CT molecular complexity index is 1300. The van der Waals surface area contributed by atoms with E-state index in [2.05, 4.69) is 4.90 Å². The van der Waals surface area contributed by atoms with Crippen LogP contribution in [-0.2, 0) is 10.0 Å². The van der Waals surface area contributed by atoms with E-state index in [1.54, 1.807) is 30.3 Å². The molecule has 9 heteroatoms. The van der Waals surface area contributed by atoms with Crippen molar-refractivity contribution >= 4 is 27.3 Å². The van der Waals surface area contributed by atoms with Crippen LogP contribution >= 0.6 is 11.6 Å². The van der Waals surface area contributed by atoms with Crippen molar-refractivity contribution in [1.82, 2.24) is 4.31 Å². The maximum Gasteiger partial charge on any atom is 0.243 e. The minimum absolute atomic E-state index is 0.189. The van der Waals surface area contributed by atoms with E-state index in [-0.39, 0.29) is 10.5 Å². The van der Waals surface area contributed by atoms with E-state index in [0.717, 1.165) is 11.4 Å². The fraction of sp³-hybridized carbons (Fsp3) is 0.240. The highest BCUT2D eigenvalue weighted by Gasteiger charge is 2.29. The fourth-order valence-corrected chi connectivity index (χ4v) is 5.45. The van der Waals surface area contributed by atoms with Crippen LogP contribution in [0.1, 0.15) is 12.5 Å². The van der Waals surface area contributed by atoms with Gasteiger partial charge < -0.3 is 14.4 Å². The molecule has 0 spiro atoms. The van der Waals surface area contributed by atoms with Gasteiger partial charge in [-0.2, -0.15) is 9.57 Å². The zero-order valence-electron chi connectivity index (χ0n) is 18.6. The van der Waals surface area contributed by atoms with Crippen molar-refractivity contribution in [2.45, 2.75) is 11.8 Å². The van der Waals surface area contributed by atoms with Gasteiger partial charge in [-0.15, -0.1) is 0 Å². The van der Waals surface area contributed by atoms with E-state index in [1.165, 1.54) is 16.4 Å². The monoisotopic (exact) mass is 497 g/mol. The van der Waals surface area contributed by atoms with Crippen LogP contribution in [0.3, 0.4) is 0 Å². The highest BCUT2D eigenvalue weighted by molar-refractivity contribution is 7.89. The summed E-state index contributed by atoms with van der Waals surface area (Å²) in [6, 6.07) is 20.9. The summed E-state index contributed by atoms with van der Waals surface area (Å²) >= 11 is 6.04. The lowest BCUT2D eigenvalue weighted by Crippen LogP contribution is -2.48. The van der Waals surface area contributed by atoms with Gasteiger partial charge in [-0.3, -0.25) is 0 Å². The molecule has 1 aliphatic rings. The van der Waals surface area contributed by atoms with Crippen molar-refractivity contribution in [3.63, 3.8) is 0 Å². The standard InChI is InChI=1S/C25H24ClN3O4S/c1-2-32-25-8-4-3-7-23(25)28-14-16-29(17-15-28)34(30,31)20-12-10-19(11-13-20)33-24-9-5-6-22(26)21(24)18-27/h3-13H,2,14-17H2,1H3.